The average molecular weight is 703 g/mol. The third kappa shape index (κ3) is 5.13. The van der Waals surface area contributed by atoms with Gasteiger partial charge in [0.15, 0.2) is 0 Å². The van der Waals surface area contributed by atoms with Gasteiger partial charge in [-0.3, -0.25) is 0 Å². The average Bonchev–Trinajstić information content (AvgIpc) is 3.78. The lowest BCUT2D eigenvalue weighted by atomic mass is 9.97. The molecule has 0 bridgehead atoms. The fraction of sp³-hybridized carbons (Fsp3) is 0. The van der Waals surface area contributed by atoms with Crippen molar-refractivity contribution < 1.29 is 4.42 Å². The molecule has 258 valence electrons. The van der Waals surface area contributed by atoms with Crippen molar-refractivity contribution in [2.24, 2.45) is 0 Å². The molecule has 0 aliphatic carbocycles. The third-order valence-electron chi connectivity index (χ3n) is 10.9. The molecule has 9 aromatic carbocycles. The van der Waals surface area contributed by atoms with Crippen molar-refractivity contribution in [3.8, 4) is 27.9 Å². The fourth-order valence-electron chi connectivity index (χ4n) is 8.45. The fourth-order valence-corrected chi connectivity index (χ4v) is 8.45. The summed E-state index contributed by atoms with van der Waals surface area (Å²) in [5, 5.41) is 7.10. The van der Waals surface area contributed by atoms with Crippen LogP contribution in [0.4, 0.5) is 17.1 Å². The zero-order chi connectivity index (χ0) is 36.3. The van der Waals surface area contributed by atoms with Gasteiger partial charge >= 0.3 is 0 Å². The van der Waals surface area contributed by atoms with Crippen LogP contribution in [-0.2, 0) is 0 Å². The van der Waals surface area contributed by atoms with E-state index < -0.39 is 0 Å². The lowest BCUT2D eigenvalue weighted by Gasteiger charge is -2.30. The van der Waals surface area contributed by atoms with Crippen LogP contribution in [0.3, 0.4) is 0 Å². The van der Waals surface area contributed by atoms with Crippen LogP contribution < -0.4 is 4.90 Å². The number of para-hydroxylation sites is 4. The summed E-state index contributed by atoms with van der Waals surface area (Å²) in [4.78, 5) is 2.43. The summed E-state index contributed by atoms with van der Waals surface area (Å²) < 4.78 is 8.82. The summed E-state index contributed by atoms with van der Waals surface area (Å²) in [6, 6.07) is 74.1. The maximum absolute atomic E-state index is 6.43. The molecule has 0 fully saturated rings. The summed E-state index contributed by atoms with van der Waals surface area (Å²) in [6.45, 7) is 0. The molecule has 11 aromatic rings. The molecule has 0 N–H and O–H groups in total. The summed E-state index contributed by atoms with van der Waals surface area (Å²) in [5.41, 5.74) is 13.1. The molecule has 0 saturated carbocycles. The maximum atomic E-state index is 6.43. The van der Waals surface area contributed by atoms with Crippen LogP contribution in [0.15, 0.2) is 211 Å². The lowest BCUT2D eigenvalue weighted by molar-refractivity contribution is 0.669. The van der Waals surface area contributed by atoms with Gasteiger partial charge in [-0.15, -0.1) is 0 Å². The Bertz CT molecular complexity index is 3170. The van der Waals surface area contributed by atoms with Crippen LogP contribution in [0.1, 0.15) is 0 Å². The molecule has 55 heavy (non-hydrogen) atoms. The highest BCUT2D eigenvalue weighted by Gasteiger charge is 2.22. The van der Waals surface area contributed by atoms with Gasteiger partial charge in [0.1, 0.15) is 11.2 Å². The van der Waals surface area contributed by atoms with Crippen molar-refractivity contribution >= 4 is 71.6 Å². The molecule has 0 saturated heterocycles. The number of furan rings is 1. The van der Waals surface area contributed by atoms with E-state index in [9.17, 15) is 0 Å². The smallest absolute Gasteiger partial charge is 0.136 e. The number of anilines is 3. The van der Waals surface area contributed by atoms with E-state index in [2.05, 4.69) is 216 Å². The Morgan fingerprint density at radius 1 is 0.364 bits per heavy atom. The van der Waals surface area contributed by atoms with Gasteiger partial charge in [0, 0.05) is 44.0 Å². The Morgan fingerprint density at radius 3 is 1.67 bits per heavy atom. The first-order chi connectivity index (χ1) is 27.3. The van der Waals surface area contributed by atoms with Gasteiger partial charge < -0.3 is 13.9 Å². The number of hydrogen-bond donors (Lipinski definition) is 0. The van der Waals surface area contributed by atoms with E-state index in [-0.39, 0.29) is 0 Å². The maximum Gasteiger partial charge on any atom is 0.136 e. The van der Waals surface area contributed by atoms with E-state index in [4.69, 9.17) is 4.42 Å². The topological polar surface area (TPSA) is 21.3 Å². The van der Waals surface area contributed by atoms with Gasteiger partial charge in [0.05, 0.1) is 22.4 Å². The van der Waals surface area contributed by atoms with Gasteiger partial charge in [0.2, 0.25) is 0 Å². The van der Waals surface area contributed by atoms with E-state index in [1.54, 1.807) is 0 Å². The van der Waals surface area contributed by atoms with Crippen LogP contribution in [0, 0.1) is 0 Å². The highest BCUT2D eigenvalue weighted by atomic mass is 16.3. The van der Waals surface area contributed by atoms with Gasteiger partial charge in [-0.1, -0.05) is 140 Å². The summed E-state index contributed by atoms with van der Waals surface area (Å²) in [5.74, 6) is 0. The number of fused-ring (bicyclic) bond motifs is 7. The molecule has 0 aliphatic heterocycles. The monoisotopic (exact) mass is 702 g/mol. The number of hydrogen-bond acceptors (Lipinski definition) is 2. The molecule has 0 atom stereocenters. The first kappa shape index (κ1) is 31.2. The molecule has 0 aliphatic rings. The Labute approximate surface area is 318 Å². The van der Waals surface area contributed by atoms with Crippen LogP contribution in [0.25, 0.3) is 82.5 Å². The SMILES string of the molecule is c1ccc(-c2ccccc2N(c2cccc(-n3c4ccccc4c4ccccc43)c2)c2ccccc2-c2ccc3oc4cc5ccccc5cc4c3c2)cc1. The highest BCUT2D eigenvalue weighted by Crippen LogP contribution is 2.46. The second-order valence-corrected chi connectivity index (χ2v) is 14.1. The van der Waals surface area contributed by atoms with Crippen molar-refractivity contribution in [1.29, 1.82) is 0 Å². The molecule has 0 unspecified atom stereocenters. The van der Waals surface area contributed by atoms with Crippen molar-refractivity contribution in [3.05, 3.63) is 206 Å². The Hall–Kier alpha value is -7.36. The Balaban J connectivity index is 1.15. The Kier molecular flexibility index (Phi) is 7.17. The van der Waals surface area contributed by atoms with Gasteiger partial charge in [0.25, 0.3) is 0 Å². The molecule has 3 heteroatoms. The van der Waals surface area contributed by atoms with E-state index in [0.29, 0.717) is 0 Å². The van der Waals surface area contributed by atoms with E-state index >= 15 is 0 Å². The Morgan fingerprint density at radius 2 is 0.945 bits per heavy atom. The molecule has 0 spiro atoms. The molecule has 11 rings (SSSR count). The van der Waals surface area contributed by atoms with Crippen molar-refractivity contribution in [1.82, 2.24) is 4.57 Å². The van der Waals surface area contributed by atoms with Crippen LogP contribution in [0.5, 0.6) is 0 Å². The minimum absolute atomic E-state index is 0.886. The molecule has 0 radical (unpaired) electrons. The largest absolute Gasteiger partial charge is 0.456 e. The second kappa shape index (κ2) is 12.6. The van der Waals surface area contributed by atoms with Crippen molar-refractivity contribution in [2.75, 3.05) is 4.90 Å². The van der Waals surface area contributed by atoms with E-state index in [0.717, 1.165) is 66.9 Å². The molecule has 0 amide bonds. The molecule has 3 nitrogen and oxygen atoms in total. The molecular weight excluding hydrogens is 669 g/mol. The highest BCUT2D eigenvalue weighted by molar-refractivity contribution is 6.12. The van der Waals surface area contributed by atoms with Gasteiger partial charge in [-0.2, -0.15) is 0 Å². The number of aromatic nitrogens is 1. The molecular formula is C52H34N2O. The number of benzene rings is 9. The van der Waals surface area contributed by atoms with Gasteiger partial charge in [-0.25, -0.2) is 0 Å². The van der Waals surface area contributed by atoms with Crippen LogP contribution >= 0.6 is 0 Å². The predicted molar refractivity (Wildman–Crippen MR) is 231 cm³/mol. The predicted octanol–water partition coefficient (Wildman–Crippen LogP) is 14.6. The lowest BCUT2D eigenvalue weighted by Crippen LogP contribution is -2.13. The molecule has 2 heterocycles. The van der Waals surface area contributed by atoms with Gasteiger partial charge in [-0.05, 0) is 88.6 Å². The summed E-state index contributed by atoms with van der Waals surface area (Å²) >= 11 is 0. The molecule has 2 aromatic heterocycles. The second-order valence-electron chi connectivity index (χ2n) is 14.1. The third-order valence-corrected chi connectivity index (χ3v) is 10.9. The van der Waals surface area contributed by atoms with E-state index in [1.807, 2.05) is 0 Å². The summed E-state index contributed by atoms with van der Waals surface area (Å²) in [7, 11) is 0. The quantitative estimate of drug-likeness (QED) is 0.172. The zero-order valence-electron chi connectivity index (χ0n) is 29.9. The van der Waals surface area contributed by atoms with E-state index in [1.165, 1.54) is 32.6 Å². The normalized spacial score (nSPS) is 11.6. The minimum Gasteiger partial charge on any atom is -0.456 e. The summed E-state index contributed by atoms with van der Waals surface area (Å²) in [6.07, 6.45) is 0. The van der Waals surface area contributed by atoms with Crippen molar-refractivity contribution in [2.45, 2.75) is 0 Å². The van der Waals surface area contributed by atoms with Crippen LogP contribution in [0.2, 0.25) is 0 Å². The first-order valence-electron chi connectivity index (χ1n) is 18.8. The van der Waals surface area contributed by atoms with Crippen molar-refractivity contribution in [3.63, 3.8) is 0 Å². The number of nitrogens with zero attached hydrogens (tertiary/aromatic N) is 2. The standard InChI is InChI=1S/C52H34N2O/c1-2-15-35(16-3-1)41-21-6-10-25-47(41)53(39-19-14-20-40(34-39)54-49-27-12-8-23-43(49)44-24-9-13-28-50(44)54)48-26-11-7-22-42(48)38-29-30-51-45(32-38)46-31-36-17-4-5-18-37(36)33-52(46)55-51/h1-34H. The number of rotatable bonds is 6. The minimum atomic E-state index is 0.886. The first-order valence-corrected chi connectivity index (χ1v) is 18.8. The zero-order valence-corrected chi connectivity index (χ0v) is 29.9. The van der Waals surface area contributed by atoms with Crippen LogP contribution in [-0.4, -0.2) is 4.57 Å².